The van der Waals surface area contributed by atoms with Crippen LogP contribution in [0.25, 0.3) is 0 Å². The normalized spacial score (nSPS) is 19.6. The molecule has 0 saturated heterocycles. The molecule has 17 heavy (non-hydrogen) atoms. The van der Waals surface area contributed by atoms with Crippen LogP contribution in [0, 0.1) is 16.7 Å². The topological polar surface area (TPSA) is 55.1 Å². The average molecular weight is 240 g/mol. The summed E-state index contributed by atoms with van der Waals surface area (Å²) in [7, 11) is 0. The predicted molar refractivity (Wildman–Crippen MR) is 71.6 cm³/mol. The van der Waals surface area contributed by atoms with Crippen LogP contribution in [0.3, 0.4) is 0 Å². The molecule has 0 unspecified atom stereocenters. The highest BCUT2D eigenvalue weighted by molar-refractivity contribution is 5.83. The third kappa shape index (κ3) is 3.21. The molecule has 0 radical (unpaired) electrons. The van der Waals surface area contributed by atoms with Crippen LogP contribution >= 0.6 is 0 Å². The van der Waals surface area contributed by atoms with E-state index in [1.165, 1.54) is 0 Å². The molecule has 1 amide bonds. The van der Waals surface area contributed by atoms with Crippen molar-refractivity contribution in [2.45, 2.75) is 53.4 Å². The van der Waals surface area contributed by atoms with Gasteiger partial charge in [0.2, 0.25) is 5.91 Å². The molecule has 0 bridgehead atoms. The molecule has 1 fully saturated rings. The molecule has 1 rings (SSSR count). The first-order chi connectivity index (χ1) is 7.84. The maximum atomic E-state index is 12.3. The van der Waals surface area contributed by atoms with Crippen LogP contribution in [0.1, 0.15) is 53.4 Å². The van der Waals surface area contributed by atoms with Crippen molar-refractivity contribution in [1.29, 1.82) is 0 Å². The Bertz CT molecular complexity index is 265. The lowest BCUT2D eigenvalue weighted by atomic mass is 9.80. The molecule has 1 saturated carbocycles. The van der Waals surface area contributed by atoms with E-state index in [-0.39, 0.29) is 16.7 Å². The van der Waals surface area contributed by atoms with Gasteiger partial charge in [0.25, 0.3) is 0 Å². The Hall–Kier alpha value is -0.570. The molecule has 0 aromatic rings. The van der Waals surface area contributed by atoms with Gasteiger partial charge in [-0.3, -0.25) is 4.79 Å². The van der Waals surface area contributed by atoms with Crippen LogP contribution in [0.4, 0.5) is 0 Å². The number of nitrogens with one attached hydrogen (secondary N) is 1. The summed E-state index contributed by atoms with van der Waals surface area (Å²) in [5.41, 5.74) is 5.68. The Morgan fingerprint density at radius 3 is 2.29 bits per heavy atom. The number of hydrogen-bond acceptors (Lipinski definition) is 2. The number of carbonyl (C=O) groups is 1. The van der Waals surface area contributed by atoms with Crippen LogP contribution in [0.15, 0.2) is 0 Å². The van der Waals surface area contributed by atoms with E-state index >= 15 is 0 Å². The number of nitrogens with two attached hydrogens (primary N) is 1. The van der Waals surface area contributed by atoms with Gasteiger partial charge in [0, 0.05) is 13.1 Å². The lowest BCUT2D eigenvalue weighted by Crippen LogP contribution is -2.47. The Morgan fingerprint density at radius 2 is 1.88 bits per heavy atom. The van der Waals surface area contributed by atoms with Crippen molar-refractivity contribution in [3.8, 4) is 0 Å². The fraction of sp³-hybridized carbons (Fsp3) is 0.929. The fourth-order valence-corrected chi connectivity index (χ4v) is 2.28. The lowest BCUT2D eigenvalue weighted by Gasteiger charge is -2.32. The summed E-state index contributed by atoms with van der Waals surface area (Å²) in [6.07, 6.45) is 4.19. The van der Waals surface area contributed by atoms with Gasteiger partial charge in [0.1, 0.15) is 0 Å². The highest BCUT2D eigenvalue weighted by Crippen LogP contribution is 2.37. The van der Waals surface area contributed by atoms with Crippen LogP contribution in [0.5, 0.6) is 0 Å². The van der Waals surface area contributed by atoms with E-state index in [1.54, 1.807) is 0 Å². The van der Waals surface area contributed by atoms with E-state index in [4.69, 9.17) is 5.73 Å². The van der Waals surface area contributed by atoms with E-state index in [2.05, 4.69) is 33.0 Å². The van der Waals surface area contributed by atoms with E-state index < -0.39 is 0 Å². The zero-order valence-electron chi connectivity index (χ0n) is 11.8. The molecule has 1 aliphatic carbocycles. The third-order valence-corrected chi connectivity index (χ3v) is 4.70. The molecule has 1 aliphatic rings. The number of rotatable bonds is 5. The largest absolute Gasteiger partial charge is 0.355 e. The summed E-state index contributed by atoms with van der Waals surface area (Å²) in [5.74, 6) is 0.728. The van der Waals surface area contributed by atoms with Crippen molar-refractivity contribution >= 4 is 5.91 Å². The second-order valence-electron chi connectivity index (χ2n) is 6.52. The number of amides is 1. The summed E-state index contributed by atoms with van der Waals surface area (Å²) in [6, 6.07) is 0. The smallest absolute Gasteiger partial charge is 0.227 e. The fourth-order valence-electron chi connectivity index (χ4n) is 2.28. The minimum absolute atomic E-state index is 0.143. The lowest BCUT2D eigenvalue weighted by molar-refractivity contribution is -0.130. The zero-order valence-corrected chi connectivity index (χ0v) is 11.8. The minimum atomic E-state index is -0.271. The van der Waals surface area contributed by atoms with Gasteiger partial charge in [-0.25, -0.2) is 0 Å². The van der Waals surface area contributed by atoms with E-state index in [0.717, 1.165) is 32.2 Å². The van der Waals surface area contributed by atoms with E-state index in [9.17, 15) is 4.79 Å². The predicted octanol–water partition coefficient (Wildman–Crippen LogP) is 2.30. The van der Waals surface area contributed by atoms with E-state index in [1.807, 2.05) is 0 Å². The molecule has 0 aromatic carbocycles. The first kappa shape index (κ1) is 14.5. The molecule has 100 valence electrons. The molecule has 3 nitrogen and oxygen atoms in total. The summed E-state index contributed by atoms with van der Waals surface area (Å²) in [6.45, 7) is 10.0. The third-order valence-electron chi connectivity index (χ3n) is 4.70. The van der Waals surface area contributed by atoms with Crippen LogP contribution in [-0.4, -0.2) is 19.0 Å². The monoisotopic (exact) mass is 240 g/mol. The standard InChI is InChI=1S/C14H28N2O/c1-11(2)13(3,4)10-16-12(17)14(9-15)7-5-6-8-14/h11H,5-10,15H2,1-4H3,(H,16,17). The van der Waals surface area contributed by atoms with Crippen LogP contribution in [-0.2, 0) is 4.79 Å². The van der Waals surface area contributed by atoms with Gasteiger partial charge in [0.05, 0.1) is 5.41 Å². The van der Waals surface area contributed by atoms with Crippen molar-refractivity contribution in [2.24, 2.45) is 22.5 Å². The van der Waals surface area contributed by atoms with Gasteiger partial charge in [-0.15, -0.1) is 0 Å². The summed E-state index contributed by atoms with van der Waals surface area (Å²) in [4.78, 5) is 12.3. The highest BCUT2D eigenvalue weighted by Gasteiger charge is 2.40. The van der Waals surface area contributed by atoms with Gasteiger partial charge in [-0.1, -0.05) is 40.5 Å². The van der Waals surface area contributed by atoms with E-state index in [0.29, 0.717) is 12.5 Å². The minimum Gasteiger partial charge on any atom is -0.355 e. The Labute approximate surface area is 106 Å². The van der Waals surface area contributed by atoms with Gasteiger partial charge in [0.15, 0.2) is 0 Å². The molecule has 0 spiro atoms. The Kier molecular flexibility index (Phi) is 4.59. The molecular weight excluding hydrogens is 212 g/mol. The van der Waals surface area contributed by atoms with Crippen molar-refractivity contribution < 1.29 is 4.79 Å². The van der Waals surface area contributed by atoms with Crippen molar-refractivity contribution in [2.75, 3.05) is 13.1 Å². The van der Waals surface area contributed by atoms with Crippen molar-refractivity contribution in [3.63, 3.8) is 0 Å². The second-order valence-corrected chi connectivity index (χ2v) is 6.52. The van der Waals surface area contributed by atoms with Gasteiger partial charge in [-0.2, -0.15) is 0 Å². The first-order valence-electron chi connectivity index (χ1n) is 6.82. The maximum Gasteiger partial charge on any atom is 0.227 e. The molecule has 3 heteroatoms. The van der Waals surface area contributed by atoms with Crippen molar-refractivity contribution in [3.05, 3.63) is 0 Å². The second kappa shape index (κ2) is 5.38. The molecule has 0 aliphatic heterocycles. The first-order valence-corrected chi connectivity index (χ1v) is 6.82. The highest BCUT2D eigenvalue weighted by atomic mass is 16.2. The van der Waals surface area contributed by atoms with Crippen LogP contribution in [0.2, 0.25) is 0 Å². The number of hydrogen-bond donors (Lipinski definition) is 2. The summed E-state index contributed by atoms with van der Waals surface area (Å²) in [5, 5.41) is 3.12. The van der Waals surface area contributed by atoms with Crippen LogP contribution < -0.4 is 11.1 Å². The summed E-state index contributed by atoms with van der Waals surface area (Å²) >= 11 is 0. The zero-order chi connectivity index (χ0) is 13.1. The SMILES string of the molecule is CC(C)C(C)(C)CNC(=O)C1(CN)CCCC1. The molecule has 0 heterocycles. The molecular formula is C14H28N2O. The molecule has 0 atom stereocenters. The van der Waals surface area contributed by atoms with Crippen molar-refractivity contribution in [1.82, 2.24) is 5.32 Å². The van der Waals surface area contributed by atoms with Gasteiger partial charge in [-0.05, 0) is 24.2 Å². The van der Waals surface area contributed by atoms with Gasteiger partial charge >= 0.3 is 0 Å². The maximum absolute atomic E-state index is 12.3. The molecule has 0 aromatic heterocycles. The number of carbonyl (C=O) groups excluding carboxylic acids is 1. The summed E-state index contributed by atoms with van der Waals surface area (Å²) < 4.78 is 0. The Balaban J connectivity index is 2.54. The van der Waals surface area contributed by atoms with Gasteiger partial charge < -0.3 is 11.1 Å². The average Bonchev–Trinajstić information content (AvgIpc) is 2.75. The quantitative estimate of drug-likeness (QED) is 0.774. The Morgan fingerprint density at radius 1 is 1.35 bits per heavy atom. The molecule has 3 N–H and O–H groups in total.